The van der Waals surface area contributed by atoms with Crippen LogP contribution < -0.4 is 5.32 Å². The van der Waals surface area contributed by atoms with E-state index in [1.807, 2.05) is 24.9 Å². The summed E-state index contributed by atoms with van der Waals surface area (Å²) < 4.78 is 0.865. The van der Waals surface area contributed by atoms with Gasteiger partial charge in [0.2, 0.25) is 11.8 Å². The van der Waals surface area contributed by atoms with Crippen molar-refractivity contribution in [3.63, 3.8) is 0 Å². The molecule has 3 fully saturated rings. The van der Waals surface area contributed by atoms with E-state index in [1.165, 1.54) is 30.5 Å². The van der Waals surface area contributed by atoms with Gasteiger partial charge in [-0.2, -0.15) is 0 Å². The molecule has 184 valence electrons. The first kappa shape index (κ1) is 24.0. The van der Waals surface area contributed by atoms with Crippen molar-refractivity contribution >= 4 is 33.4 Å². The highest BCUT2D eigenvalue weighted by molar-refractivity contribution is 9.10. The molecular weight excluding hydrogens is 490 g/mol. The summed E-state index contributed by atoms with van der Waals surface area (Å²) in [4.78, 5) is 31.8. The molecule has 1 aliphatic heterocycles. The van der Waals surface area contributed by atoms with Crippen LogP contribution in [-0.4, -0.2) is 28.7 Å². The lowest BCUT2D eigenvalue weighted by Gasteiger charge is -2.59. The first-order chi connectivity index (χ1) is 16.1. The van der Waals surface area contributed by atoms with E-state index in [-0.39, 0.29) is 22.6 Å². The number of amides is 2. The number of fused-ring (bicyclic) bond motifs is 5. The number of aromatic nitrogens is 1. The number of pyridine rings is 1. The Morgan fingerprint density at radius 1 is 1.21 bits per heavy atom. The molecule has 34 heavy (non-hydrogen) atoms. The molecule has 2 unspecified atom stereocenters. The van der Waals surface area contributed by atoms with E-state index in [0.29, 0.717) is 36.5 Å². The number of carbonyl (C=O) groups is 2. The molecule has 0 aromatic carbocycles. The van der Waals surface area contributed by atoms with Gasteiger partial charge < -0.3 is 10.2 Å². The zero-order valence-corrected chi connectivity index (χ0v) is 22.8. The van der Waals surface area contributed by atoms with Crippen molar-refractivity contribution in [2.45, 2.75) is 79.1 Å². The predicted octanol–water partition coefficient (Wildman–Crippen LogP) is 6.48. The number of carbonyl (C=O) groups excluding carboxylic acids is 2. The lowest BCUT2D eigenvalue weighted by molar-refractivity contribution is -0.136. The van der Waals surface area contributed by atoms with E-state index >= 15 is 0 Å². The number of rotatable bonds is 3. The van der Waals surface area contributed by atoms with Crippen LogP contribution >= 0.6 is 15.9 Å². The quantitative estimate of drug-likeness (QED) is 0.489. The molecule has 0 spiro atoms. The summed E-state index contributed by atoms with van der Waals surface area (Å²) in [6.07, 6.45) is 9.85. The van der Waals surface area contributed by atoms with Gasteiger partial charge in [0.1, 0.15) is 0 Å². The van der Waals surface area contributed by atoms with Crippen LogP contribution in [0.2, 0.25) is 0 Å². The SMILES string of the molecule is CC1=C2N(C)C(=O)CC[C@]2(C)C2CC[C@]3(C)[C@@H](CC(=O)Nc4ccnc(C)c4Br)CC[C@H]3C2C1. The van der Waals surface area contributed by atoms with Gasteiger partial charge in [-0.25, -0.2) is 0 Å². The zero-order chi connectivity index (χ0) is 24.4. The normalized spacial score (nSPS) is 37.2. The molecule has 1 aromatic heterocycles. The van der Waals surface area contributed by atoms with Gasteiger partial charge in [-0.1, -0.05) is 19.4 Å². The predicted molar refractivity (Wildman–Crippen MR) is 138 cm³/mol. The minimum absolute atomic E-state index is 0.109. The highest BCUT2D eigenvalue weighted by atomic mass is 79.9. The molecule has 4 aliphatic rings. The summed E-state index contributed by atoms with van der Waals surface area (Å²) in [7, 11) is 1.98. The number of likely N-dealkylation sites (tertiary alicyclic amines) is 1. The molecule has 0 bridgehead atoms. The van der Waals surface area contributed by atoms with Crippen LogP contribution in [0, 0.1) is 41.4 Å². The highest BCUT2D eigenvalue weighted by Gasteiger charge is 2.60. The number of anilines is 1. The fourth-order valence-corrected chi connectivity index (χ4v) is 8.96. The average Bonchev–Trinajstić information content (AvgIpc) is 3.10. The van der Waals surface area contributed by atoms with Gasteiger partial charge >= 0.3 is 0 Å². The Kier molecular flexibility index (Phi) is 5.98. The maximum absolute atomic E-state index is 13.1. The molecule has 2 heterocycles. The van der Waals surface area contributed by atoms with E-state index < -0.39 is 0 Å². The van der Waals surface area contributed by atoms with Crippen LogP contribution in [0.1, 0.15) is 77.8 Å². The summed E-state index contributed by atoms with van der Waals surface area (Å²) in [5.74, 6) is 2.78. The Labute approximate surface area is 212 Å². The molecule has 6 atom stereocenters. The van der Waals surface area contributed by atoms with Crippen LogP contribution in [-0.2, 0) is 9.59 Å². The van der Waals surface area contributed by atoms with Gasteiger partial charge in [0.15, 0.2) is 0 Å². The molecule has 6 heteroatoms. The van der Waals surface area contributed by atoms with Gasteiger partial charge in [0.25, 0.3) is 0 Å². The summed E-state index contributed by atoms with van der Waals surface area (Å²) in [5, 5.41) is 3.14. The van der Waals surface area contributed by atoms with Crippen molar-refractivity contribution in [1.29, 1.82) is 0 Å². The second-order valence-corrected chi connectivity index (χ2v) is 12.7. The zero-order valence-electron chi connectivity index (χ0n) is 21.2. The third-order valence-electron chi connectivity index (χ3n) is 10.3. The Bertz CT molecular complexity index is 1070. The minimum atomic E-state index is 0.109. The maximum atomic E-state index is 13.1. The number of hydrogen-bond donors (Lipinski definition) is 1. The Morgan fingerprint density at radius 3 is 2.74 bits per heavy atom. The van der Waals surface area contributed by atoms with Crippen molar-refractivity contribution < 1.29 is 9.59 Å². The maximum Gasteiger partial charge on any atom is 0.226 e. The van der Waals surface area contributed by atoms with Gasteiger partial charge in [-0.15, -0.1) is 0 Å². The Morgan fingerprint density at radius 2 is 1.97 bits per heavy atom. The molecule has 1 aromatic rings. The fraction of sp³-hybridized carbons (Fsp3) is 0.679. The number of nitrogens with one attached hydrogen (secondary N) is 1. The van der Waals surface area contributed by atoms with Gasteiger partial charge in [0.05, 0.1) is 15.9 Å². The van der Waals surface area contributed by atoms with Crippen LogP contribution in [0.15, 0.2) is 28.0 Å². The van der Waals surface area contributed by atoms with Crippen LogP contribution in [0.3, 0.4) is 0 Å². The number of halogens is 1. The molecule has 5 rings (SSSR count). The first-order valence-corrected chi connectivity index (χ1v) is 13.7. The second-order valence-electron chi connectivity index (χ2n) is 11.9. The Balaban J connectivity index is 1.35. The molecule has 1 saturated heterocycles. The van der Waals surface area contributed by atoms with Gasteiger partial charge in [0, 0.05) is 37.2 Å². The minimum Gasteiger partial charge on any atom is -0.325 e. The van der Waals surface area contributed by atoms with Gasteiger partial charge in [-0.3, -0.25) is 14.6 Å². The molecule has 0 radical (unpaired) electrons. The number of nitrogens with zero attached hydrogens (tertiary/aromatic N) is 2. The van der Waals surface area contributed by atoms with Crippen LogP contribution in [0.5, 0.6) is 0 Å². The molecule has 3 aliphatic carbocycles. The van der Waals surface area contributed by atoms with E-state index in [0.717, 1.165) is 35.1 Å². The van der Waals surface area contributed by atoms with Crippen molar-refractivity contribution in [2.75, 3.05) is 12.4 Å². The number of allylic oxidation sites excluding steroid dienone is 2. The van der Waals surface area contributed by atoms with E-state index in [4.69, 9.17) is 0 Å². The lowest BCUT2D eigenvalue weighted by atomic mass is 9.48. The second kappa shape index (κ2) is 8.46. The molecular formula is C28H38BrN3O2. The van der Waals surface area contributed by atoms with Crippen LogP contribution in [0.4, 0.5) is 5.69 Å². The lowest BCUT2D eigenvalue weighted by Crippen LogP contribution is -2.54. The third kappa shape index (κ3) is 3.58. The summed E-state index contributed by atoms with van der Waals surface area (Å²) in [6, 6.07) is 1.86. The van der Waals surface area contributed by atoms with E-state index in [2.05, 4.69) is 47.0 Å². The Hall–Kier alpha value is -1.69. The van der Waals surface area contributed by atoms with Crippen LogP contribution in [0.25, 0.3) is 0 Å². The van der Waals surface area contributed by atoms with Crippen molar-refractivity contribution in [3.05, 3.63) is 33.7 Å². The average molecular weight is 529 g/mol. The summed E-state index contributed by atoms with van der Waals surface area (Å²) in [6.45, 7) is 9.11. The highest BCUT2D eigenvalue weighted by Crippen LogP contribution is 2.67. The first-order valence-electron chi connectivity index (χ1n) is 12.9. The summed E-state index contributed by atoms with van der Waals surface area (Å²) in [5.41, 5.74) is 4.76. The summed E-state index contributed by atoms with van der Waals surface area (Å²) >= 11 is 3.57. The number of hydrogen-bond acceptors (Lipinski definition) is 3. The largest absolute Gasteiger partial charge is 0.325 e. The standard InChI is InChI=1S/C28H38BrN3O2/c1-16-14-19-20-7-6-18(15-23(33)31-22-10-13-30-17(2)25(22)29)27(20,3)11-8-21(19)28(4)12-9-24(34)32(5)26(16)28/h10,13,18-21H,6-9,11-12,14-15H2,1-5H3,(H,30,31,33)/t18-,19?,20+,21?,27-,28-/m1/s1. The van der Waals surface area contributed by atoms with E-state index in [9.17, 15) is 9.59 Å². The van der Waals surface area contributed by atoms with Crippen molar-refractivity contribution in [3.8, 4) is 0 Å². The smallest absolute Gasteiger partial charge is 0.226 e. The van der Waals surface area contributed by atoms with Gasteiger partial charge in [-0.05, 0) is 103 Å². The number of piperidine rings is 1. The molecule has 1 N–H and O–H groups in total. The van der Waals surface area contributed by atoms with Crippen molar-refractivity contribution in [1.82, 2.24) is 9.88 Å². The third-order valence-corrected chi connectivity index (χ3v) is 11.3. The number of aryl methyl sites for hydroxylation is 1. The topological polar surface area (TPSA) is 62.3 Å². The molecule has 2 amide bonds. The van der Waals surface area contributed by atoms with E-state index in [1.54, 1.807) is 6.20 Å². The molecule has 5 nitrogen and oxygen atoms in total. The molecule has 2 saturated carbocycles. The fourth-order valence-electron chi connectivity index (χ4n) is 8.62. The van der Waals surface area contributed by atoms with Crippen molar-refractivity contribution in [2.24, 2.45) is 34.5 Å². The monoisotopic (exact) mass is 527 g/mol.